The van der Waals surface area contributed by atoms with Crippen molar-refractivity contribution in [2.45, 2.75) is 6.17 Å². The summed E-state index contributed by atoms with van der Waals surface area (Å²) in [5.41, 5.74) is 3.12. The molecule has 0 fully saturated rings. The molecule has 0 saturated carbocycles. The zero-order valence-electron chi connectivity index (χ0n) is 13.9. The monoisotopic (exact) mass is 347 g/mol. The molecule has 6 heteroatoms. The second-order valence-corrected chi connectivity index (χ2v) is 6.22. The number of anilines is 2. The Morgan fingerprint density at radius 2 is 1.81 bits per heavy atom. The molecule has 0 spiro atoms. The molecule has 5 rings (SSSR count). The summed E-state index contributed by atoms with van der Waals surface area (Å²) >= 11 is 0. The Morgan fingerprint density at radius 3 is 2.65 bits per heavy atom. The molecule has 0 saturated heterocycles. The number of benzene rings is 2. The number of nitrogens with one attached hydrogen (secondary N) is 2. The van der Waals surface area contributed by atoms with E-state index >= 15 is 0 Å². The van der Waals surface area contributed by atoms with E-state index in [0.29, 0.717) is 30.3 Å². The summed E-state index contributed by atoms with van der Waals surface area (Å²) in [4.78, 5) is 18.2. The van der Waals surface area contributed by atoms with E-state index in [4.69, 9.17) is 9.47 Å². The number of carbonyl (C=O) groups is 1. The number of hydrogen-bond acceptors (Lipinski definition) is 4. The molecule has 1 atom stereocenters. The van der Waals surface area contributed by atoms with Gasteiger partial charge in [-0.25, -0.2) is 0 Å². The molecule has 3 heterocycles. The largest absolute Gasteiger partial charge is 0.486 e. The highest BCUT2D eigenvalue weighted by Gasteiger charge is 2.35. The lowest BCUT2D eigenvalue weighted by Gasteiger charge is -2.37. The van der Waals surface area contributed by atoms with Gasteiger partial charge in [0, 0.05) is 18.0 Å². The molecule has 2 aliphatic heterocycles. The first kappa shape index (κ1) is 14.9. The Labute approximate surface area is 150 Å². The van der Waals surface area contributed by atoms with Crippen LogP contribution in [0.25, 0.3) is 0 Å². The van der Waals surface area contributed by atoms with Gasteiger partial charge in [-0.15, -0.1) is 0 Å². The van der Waals surface area contributed by atoms with Gasteiger partial charge in [0.1, 0.15) is 19.4 Å². The van der Waals surface area contributed by atoms with Crippen molar-refractivity contribution in [2.24, 2.45) is 0 Å². The smallest absolute Gasteiger partial charge is 0.262 e. The van der Waals surface area contributed by atoms with Gasteiger partial charge < -0.3 is 19.8 Å². The number of hydrogen-bond donors (Lipinski definition) is 2. The molecule has 130 valence electrons. The molecule has 6 nitrogen and oxygen atoms in total. The lowest BCUT2D eigenvalue weighted by atomic mass is 10.0. The van der Waals surface area contributed by atoms with E-state index in [1.54, 1.807) is 4.90 Å². The summed E-state index contributed by atoms with van der Waals surface area (Å²) in [5, 5.41) is 3.46. The zero-order chi connectivity index (χ0) is 17.5. The molecule has 26 heavy (non-hydrogen) atoms. The number of carbonyl (C=O) groups excluding carboxylic acids is 1. The Morgan fingerprint density at radius 1 is 0.962 bits per heavy atom. The van der Waals surface area contributed by atoms with Crippen molar-refractivity contribution < 1.29 is 14.3 Å². The lowest BCUT2D eigenvalue weighted by molar-refractivity contribution is 0.0974. The van der Waals surface area contributed by atoms with E-state index in [9.17, 15) is 4.79 Å². The number of fused-ring (bicyclic) bond motifs is 2. The number of para-hydroxylation sites is 1. The van der Waals surface area contributed by atoms with Crippen LogP contribution in [0.15, 0.2) is 60.8 Å². The molecule has 0 radical (unpaired) electrons. The van der Waals surface area contributed by atoms with Gasteiger partial charge in [-0.2, -0.15) is 0 Å². The van der Waals surface area contributed by atoms with Crippen LogP contribution in [0.2, 0.25) is 0 Å². The summed E-state index contributed by atoms with van der Waals surface area (Å²) in [6, 6.07) is 17.0. The highest BCUT2D eigenvalue weighted by atomic mass is 16.6. The van der Waals surface area contributed by atoms with Gasteiger partial charge in [-0.3, -0.25) is 9.69 Å². The maximum Gasteiger partial charge on any atom is 0.262 e. The summed E-state index contributed by atoms with van der Waals surface area (Å²) < 4.78 is 11.3. The molecule has 2 N–H and O–H groups in total. The minimum absolute atomic E-state index is 0.0596. The Kier molecular flexibility index (Phi) is 3.35. The van der Waals surface area contributed by atoms with Crippen LogP contribution >= 0.6 is 0 Å². The highest BCUT2D eigenvalue weighted by Crippen LogP contribution is 2.40. The summed E-state index contributed by atoms with van der Waals surface area (Å²) in [7, 11) is 0. The first-order chi connectivity index (χ1) is 12.8. The molecule has 0 unspecified atom stereocenters. The number of aromatic nitrogens is 1. The molecule has 2 aliphatic rings. The Balaban J connectivity index is 1.63. The Bertz CT molecular complexity index is 968. The fraction of sp³-hybridized carbons (Fsp3) is 0.150. The fourth-order valence-corrected chi connectivity index (χ4v) is 3.43. The number of nitrogens with zero attached hydrogens (tertiary/aromatic N) is 1. The summed E-state index contributed by atoms with van der Waals surface area (Å²) in [6.07, 6.45) is 1.51. The topological polar surface area (TPSA) is 66.6 Å². The second kappa shape index (κ2) is 5.84. The SMILES string of the molecule is O=C1c2ccccc2N[C@H](c2ccc[nH]2)N1c1ccc2c(c1)OCCO2. The minimum Gasteiger partial charge on any atom is -0.486 e. The second-order valence-electron chi connectivity index (χ2n) is 6.22. The molecule has 3 aromatic rings. The van der Waals surface area contributed by atoms with Crippen LogP contribution in [0.3, 0.4) is 0 Å². The van der Waals surface area contributed by atoms with Crippen LogP contribution in [0.5, 0.6) is 11.5 Å². The minimum atomic E-state index is -0.338. The fourth-order valence-electron chi connectivity index (χ4n) is 3.43. The predicted molar refractivity (Wildman–Crippen MR) is 97.8 cm³/mol. The van der Waals surface area contributed by atoms with E-state index in [0.717, 1.165) is 17.1 Å². The third-order valence-electron chi connectivity index (χ3n) is 4.65. The lowest BCUT2D eigenvalue weighted by Crippen LogP contribution is -2.43. The van der Waals surface area contributed by atoms with E-state index in [-0.39, 0.29) is 12.1 Å². The van der Waals surface area contributed by atoms with E-state index in [1.807, 2.05) is 60.8 Å². The average Bonchev–Trinajstić information content (AvgIpc) is 3.22. The quantitative estimate of drug-likeness (QED) is 0.744. The number of aromatic amines is 1. The van der Waals surface area contributed by atoms with Gasteiger partial charge in [0.15, 0.2) is 11.5 Å². The molecular weight excluding hydrogens is 330 g/mol. The first-order valence-electron chi connectivity index (χ1n) is 8.53. The number of ether oxygens (including phenoxy) is 2. The van der Waals surface area contributed by atoms with Gasteiger partial charge in [-0.05, 0) is 36.4 Å². The first-order valence-corrected chi connectivity index (χ1v) is 8.53. The summed E-state index contributed by atoms with van der Waals surface area (Å²) in [6.45, 7) is 1.04. The van der Waals surface area contributed by atoms with Gasteiger partial charge in [-0.1, -0.05) is 12.1 Å². The van der Waals surface area contributed by atoms with Crippen molar-refractivity contribution in [1.82, 2.24) is 4.98 Å². The van der Waals surface area contributed by atoms with Crippen molar-refractivity contribution in [3.05, 3.63) is 72.1 Å². The summed E-state index contributed by atoms with van der Waals surface area (Å²) in [5.74, 6) is 1.30. The molecular formula is C20H17N3O3. The molecule has 1 amide bonds. The van der Waals surface area contributed by atoms with Crippen LogP contribution in [0.4, 0.5) is 11.4 Å². The highest BCUT2D eigenvalue weighted by molar-refractivity contribution is 6.12. The van der Waals surface area contributed by atoms with Crippen molar-refractivity contribution in [3.63, 3.8) is 0 Å². The van der Waals surface area contributed by atoms with Crippen molar-refractivity contribution in [2.75, 3.05) is 23.4 Å². The normalized spacial score (nSPS) is 18.2. The van der Waals surface area contributed by atoms with E-state index in [2.05, 4.69) is 10.3 Å². The van der Waals surface area contributed by atoms with Crippen molar-refractivity contribution in [1.29, 1.82) is 0 Å². The van der Waals surface area contributed by atoms with Gasteiger partial charge in [0.25, 0.3) is 5.91 Å². The van der Waals surface area contributed by atoms with E-state index < -0.39 is 0 Å². The van der Waals surface area contributed by atoms with Crippen LogP contribution < -0.4 is 19.7 Å². The van der Waals surface area contributed by atoms with Crippen LogP contribution in [-0.2, 0) is 0 Å². The van der Waals surface area contributed by atoms with Gasteiger partial charge in [0.2, 0.25) is 0 Å². The maximum atomic E-state index is 13.3. The molecule has 0 aliphatic carbocycles. The number of amides is 1. The van der Waals surface area contributed by atoms with Gasteiger partial charge >= 0.3 is 0 Å². The Hall–Kier alpha value is -3.41. The van der Waals surface area contributed by atoms with Crippen molar-refractivity contribution >= 4 is 17.3 Å². The molecule has 1 aromatic heterocycles. The molecule has 0 bridgehead atoms. The zero-order valence-corrected chi connectivity index (χ0v) is 13.9. The van der Waals surface area contributed by atoms with Crippen molar-refractivity contribution in [3.8, 4) is 11.5 Å². The standard InChI is InChI=1S/C20H17N3O3/c24-20-14-4-1-2-5-15(14)22-19(16-6-3-9-21-16)23(20)13-7-8-17-18(12-13)26-11-10-25-17/h1-9,12,19,21-22H,10-11H2/t19-/m0/s1. The van der Waals surface area contributed by atoms with Gasteiger partial charge in [0.05, 0.1) is 16.9 Å². The van der Waals surface area contributed by atoms with E-state index in [1.165, 1.54) is 0 Å². The van der Waals surface area contributed by atoms with Crippen LogP contribution in [-0.4, -0.2) is 24.1 Å². The third-order valence-corrected chi connectivity index (χ3v) is 4.65. The predicted octanol–water partition coefficient (Wildman–Crippen LogP) is 3.56. The average molecular weight is 347 g/mol. The van der Waals surface area contributed by atoms with Crippen LogP contribution in [0.1, 0.15) is 22.2 Å². The van der Waals surface area contributed by atoms with Crippen LogP contribution in [0, 0.1) is 0 Å². The number of H-pyrrole nitrogens is 1. The maximum absolute atomic E-state index is 13.3. The molecule has 2 aromatic carbocycles. The third kappa shape index (κ3) is 2.30. The number of rotatable bonds is 2.